The summed E-state index contributed by atoms with van der Waals surface area (Å²) in [6.45, 7) is 2.27. The van der Waals surface area contributed by atoms with Crippen LogP contribution in [0, 0.1) is 17.2 Å². The molecule has 2 atom stereocenters. The zero-order chi connectivity index (χ0) is 16.9. The lowest BCUT2D eigenvalue weighted by Gasteiger charge is -2.18. The fourth-order valence-corrected chi connectivity index (χ4v) is 3.68. The average Bonchev–Trinajstić information content (AvgIpc) is 3.11. The van der Waals surface area contributed by atoms with Gasteiger partial charge in [0, 0.05) is 11.3 Å². The number of amides is 1. The third-order valence-electron chi connectivity index (χ3n) is 5.06. The van der Waals surface area contributed by atoms with E-state index in [4.69, 9.17) is 5.26 Å². The number of nitrogens with zero attached hydrogens (tertiary/aromatic N) is 1. The molecule has 2 unspecified atom stereocenters. The second-order valence-electron chi connectivity index (χ2n) is 6.47. The molecule has 0 aliphatic heterocycles. The highest BCUT2D eigenvalue weighted by Gasteiger charge is 2.26. The molecule has 122 valence electrons. The lowest BCUT2D eigenvalue weighted by atomic mass is 9.87. The SMILES string of the molecule is CCC1CCCC1c1ccc(NC(=O)c2ccc(C#N)cc2)cc1. The molecule has 1 aliphatic rings. The molecule has 3 heteroatoms. The van der Waals surface area contributed by atoms with Crippen molar-refractivity contribution in [1.82, 2.24) is 0 Å². The Morgan fingerprint density at radius 2 is 1.83 bits per heavy atom. The van der Waals surface area contributed by atoms with Crippen molar-refractivity contribution in [3.05, 3.63) is 65.2 Å². The Bertz CT molecular complexity index is 741. The first-order valence-electron chi connectivity index (χ1n) is 8.62. The van der Waals surface area contributed by atoms with Gasteiger partial charge in [0.25, 0.3) is 5.91 Å². The van der Waals surface area contributed by atoms with Gasteiger partial charge < -0.3 is 5.32 Å². The molecule has 1 saturated carbocycles. The quantitative estimate of drug-likeness (QED) is 0.852. The number of benzene rings is 2. The third-order valence-corrected chi connectivity index (χ3v) is 5.06. The maximum atomic E-state index is 12.3. The molecule has 0 aromatic heterocycles. The maximum absolute atomic E-state index is 12.3. The van der Waals surface area contributed by atoms with Crippen LogP contribution in [-0.2, 0) is 0 Å². The summed E-state index contributed by atoms with van der Waals surface area (Å²) >= 11 is 0. The third kappa shape index (κ3) is 3.49. The summed E-state index contributed by atoms with van der Waals surface area (Å²) in [7, 11) is 0. The summed E-state index contributed by atoms with van der Waals surface area (Å²) in [4.78, 5) is 12.3. The Kier molecular flexibility index (Phi) is 4.96. The second kappa shape index (κ2) is 7.31. The van der Waals surface area contributed by atoms with E-state index in [0.29, 0.717) is 17.0 Å². The molecule has 2 aromatic rings. The van der Waals surface area contributed by atoms with E-state index in [0.717, 1.165) is 11.6 Å². The first-order valence-corrected chi connectivity index (χ1v) is 8.62. The van der Waals surface area contributed by atoms with Crippen LogP contribution < -0.4 is 5.32 Å². The van der Waals surface area contributed by atoms with Crippen molar-refractivity contribution in [3.63, 3.8) is 0 Å². The normalized spacial score (nSPS) is 19.7. The highest BCUT2D eigenvalue weighted by atomic mass is 16.1. The molecule has 1 amide bonds. The van der Waals surface area contributed by atoms with Gasteiger partial charge in [0.2, 0.25) is 0 Å². The Morgan fingerprint density at radius 3 is 2.46 bits per heavy atom. The van der Waals surface area contributed by atoms with E-state index in [2.05, 4.69) is 30.4 Å². The van der Waals surface area contributed by atoms with E-state index in [-0.39, 0.29) is 5.91 Å². The average molecular weight is 318 g/mol. The number of anilines is 1. The van der Waals surface area contributed by atoms with Gasteiger partial charge in [-0.25, -0.2) is 0 Å². The molecule has 0 radical (unpaired) electrons. The van der Waals surface area contributed by atoms with Gasteiger partial charge >= 0.3 is 0 Å². The number of rotatable bonds is 4. The highest BCUT2D eigenvalue weighted by molar-refractivity contribution is 6.04. The minimum atomic E-state index is -0.153. The number of carbonyl (C=O) groups is 1. The summed E-state index contributed by atoms with van der Waals surface area (Å²) in [5, 5.41) is 11.7. The number of nitrogens with one attached hydrogen (secondary N) is 1. The minimum absolute atomic E-state index is 0.153. The van der Waals surface area contributed by atoms with Crippen molar-refractivity contribution in [3.8, 4) is 6.07 Å². The van der Waals surface area contributed by atoms with Gasteiger partial charge in [-0.1, -0.05) is 31.9 Å². The maximum Gasteiger partial charge on any atom is 0.255 e. The standard InChI is InChI=1S/C21H22N2O/c1-2-16-4-3-5-20(16)17-10-12-19(13-11-17)23-21(24)18-8-6-15(14-22)7-9-18/h6-13,16,20H,2-5H2,1H3,(H,23,24). The van der Waals surface area contributed by atoms with Crippen molar-refractivity contribution in [1.29, 1.82) is 5.26 Å². The molecule has 3 nitrogen and oxygen atoms in total. The van der Waals surface area contributed by atoms with Gasteiger partial charge in [0.05, 0.1) is 11.6 Å². The molecule has 0 heterocycles. The van der Waals surface area contributed by atoms with Gasteiger partial charge in [-0.15, -0.1) is 0 Å². The van der Waals surface area contributed by atoms with Crippen LogP contribution in [0.5, 0.6) is 0 Å². The zero-order valence-corrected chi connectivity index (χ0v) is 14.0. The fraction of sp³-hybridized carbons (Fsp3) is 0.333. The molecule has 3 rings (SSSR count). The topological polar surface area (TPSA) is 52.9 Å². The van der Waals surface area contributed by atoms with Crippen LogP contribution in [0.2, 0.25) is 0 Å². The second-order valence-corrected chi connectivity index (χ2v) is 6.47. The lowest BCUT2D eigenvalue weighted by Crippen LogP contribution is -2.12. The molecular formula is C21H22N2O. The molecule has 1 N–H and O–H groups in total. The summed E-state index contributed by atoms with van der Waals surface area (Å²) < 4.78 is 0. The smallest absolute Gasteiger partial charge is 0.255 e. The summed E-state index contributed by atoms with van der Waals surface area (Å²) in [6.07, 6.45) is 5.16. The van der Waals surface area contributed by atoms with E-state index in [9.17, 15) is 4.79 Å². The Labute approximate surface area is 143 Å². The monoisotopic (exact) mass is 318 g/mol. The summed E-state index contributed by atoms with van der Waals surface area (Å²) in [5.74, 6) is 1.31. The number of nitriles is 1. The zero-order valence-electron chi connectivity index (χ0n) is 14.0. The van der Waals surface area contributed by atoms with E-state index >= 15 is 0 Å². The van der Waals surface area contributed by atoms with Crippen LogP contribution in [0.15, 0.2) is 48.5 Å². The largest absolute Gasteiger partial charge is 0.322 e. The van der Waals surface area contributed by atoms with Crippen LogP contribution in [0.4, 0.5) is 5.69 Å². The first-order chi connectivity index (χ1) is 11.7. The number of carbonyl (C=O) groups excluding carboxylic acids is 1. The van der Waals surface area contributed by atoms with E-state index in [1.807, 2.05) is 12.1 Å². The molecule has 1 fully saturated rings. The molecular weight excluding hydrogens is 296 g/mol. The Morgan fingerprint density at radius 1 is 1.12 bits per heavy atom. The van der Waals surface area contributed by atoms with Gasteiger partial charge in [-0.2, -0.15) is 5.26 Å². The van der Waals surface area contributed by atoms with Gasteiger partial charge in [0.1, 0.15) is 0 Å². The predicted molar refractivity (Wildman–Crippen MR) is 95.9 cm³/mol. The van der Waals surface area contributed by atoms with Crippen molar-refractivity contribution in [2.75, 3.05) is 5.32 Å². The fourth-order valence-electron chi connectivity index (χ4n) is 3.68. The molecule has 0 spiro atoms. The van der Waals surface area contributed by atoms with Gasteiger partial charge in [0.15, 0.2) is 0 Å². The van der Waals surface area contributed by atoms with Crippen LogP contribution in [0.25, 0.3) is 0 Å². The minimum Gasteiger partial charge on any atom is -0.322 e. The van der Waals surface area contributed by atoms with E-state index in [1.54, 1.807) is 24.3 Å². The van der Waals surface area contributed by atoms with Gasteiger partial charge in [-0.3, -0.25) is 4.79 Å². The number of hydrogen-bond acceptors (Lipinski definition) is 2. The van der Waals surface area contributed by atoms with Crippen molar-refractivity contribution < 1.29 is 4.79 Å². The summed E-state index contributed by atoms with van der Waals surface area (Å²) in [5.41, 5.74) is 3.30. The highest BCUT2D eigenvalue weighted by Crippen LogP contribution is 2.41. The molecule has 0 bridgehead atoms. The predicted octanol–water partition coefficient (Wildman–Crippen LogP) is 5.10. The van der Waals surface area contributed by atoms with Crippen LogP contribution >= 0.6 is 0 Å². The van der Waals surface area contributed by atoms with Crippen molar-refractivity contribution in [2.45, 2.75) is 38.5 Å². The Hall–Kier alpha value is -2.60. The molecule has 0 saturated heterocycles. The van der Waals surface area contributed by atoms with E-state index < -0.39 is 0 Å². The molecule has 2 aromatic carbocycles. The lowest BCUT2D eigenvalue weighted by molar-refractivity contribution is 0.102. The van der Waals surface area contributed by atoms with Crippen LogP contribution in [0.1, 0.15) is 60.0 Å². The molecule has 1 aliphatic carbocycles. The Balaban J connectivity index is 1.67. The van der Waals surface area contributed by atoms with Crippen LogP contribution in [0.3, 0.4) is 0 Å². The van der Waals surface area contributed by atoms with Crippen LogP contribution in [-0.4, -0.2) is 5.91 Å². The van der Waals surface area contributed by atoms with Crippen molar-refractivity contribution in [2.24, 2.45) is 5.92 Å². The molecule has 24 heavy (non-hydrogen) atoms. The first kappa shape index (κ1) is 16.3. The summed E-state index contributed by atoms with van der Waals surface area (Å²) in [6, 6.07) is 17.0. The van der Waals surface area contributed by atoms with Crippen molar-refractivity contribution >= 4 is 11.6 Å². The van der Waals surface area contributed by atoms with E-state index in [1.165, 1.54) is 31.2 Å². The van der Waals surface area contributed by atoms with Gasteiger partial charge in [-0.05, 0) is 66.6 Å². The number of hydrogen-bond donors (Lipinski definition) is 1.